The minimum atomic E-state index is -3.47. The number of hydrogen-bond acceptors (Lipinski definition) is 6. The third kappa shape index (κ3) is 4.32. The summed E-state index contributed by atoms with van der Waals surface area (Å²) in [4.78, 5) is 10.4. The van der Waals surface area contributed by atoms with E-state index in [9.17, 15) is 14.7 Å². The Morgan fingerprint density at radius 2 is 1.88 bits per heavy atom. The molecule has 1 fully saturated rings. The van der Waals surface area contributed by atoms with E-state index in [0.717, 1.165) is 10.0 Å². The first-order valence-electron chi connectivity index (χ1n) is 8.06. The summed E-state index contributed by atoms with van der Waals surface area (Å²) in [5, 5.41) is 14.0. The van der Waals surface area contributed by atoms with Gasteiger partial charge in [0.15, 0.2) is 5.78 Å². The smallest absolute Gasteiger partial charge is 0.357 e. The lowest BCUT2D eigenvalue weighted by Gasteiger charge is -2.34. The zero-order valence-corrected chi connectivity index (χ0v) is 16.5. The summed E-state index contributed by atoms with van der Waals surface area (Å²) in [7, 11) is -3.47. The maximum Gasteiger partial charge on any atom is 0.357 e. The molecule has 1 heterocycles. The van der Waals surface area contributed by atoms with Gasteiger partial charge in [0.2, 0.25) is 0 Å². The van der Waals surface area contributed by atoms with Crippen molar-refractivity contribution in [3.63, 3.8) is 0 Å². The minimum Gasteiger partial charge on any atom is -0.368 e. The molecule has 3 atom stereocenters. The number of nitro groups is 1. The Morgan fingerprint density at radius 1 is 1.23 bits per heavy atom. The first-order chi connectivity index (χ1) is 12.4. The van der Waals surface area contributed by atoms with Crippen molar-refractivity contribution in [2.24, 2.45) is 0 Å². The monoisotopic (exact) mass is 440 g/mol. The van der Waals surface area contributed by atoms with Gasteiger partial charge in [-0.3, -0.25) is 14.7 Å². The van der Waals surface area contributed by atoms with Crippen LogP contribution in [-0.2, 0) is 13.6 Å². The molecule has 1 aliphatic rings. The van der Waals surface area contributed by atoms with E-state index in [-0.39, 0.29) is 11.8 Å². The van der Waals surface area contributed by atoms with E-state index in [1.807, 2.05) is 31.2 Å². The van der Waals surface area contributed by atoms with E-state index in [1.165, 1.54) is 12.1 Å². The Labute approximate surface area is 159 Å². The molecule has 138 valence electrons. The average molecular weight is 441 g/mol. The van der Waals surface area contributed by atoms with Crippen molar-refractivity contribution in [1.29, 1.82) is 0 Å². The Hall–Kier alpha value is -1.73. The molecule has 1 aliphatic heterocycles. The summed E-state index contributed by atoms with van der Waals surface area (Å²) in [6.07, 6.45) is 0.500. The summed E-state index contributed by atoms with van der Waals surface area (Å²) in [6, 6.07) is 13.3. The van der Waals surface area contributed by atoms with Crippen LogP contribution in [0, 0.1) is 10.1 Å². The molecule has 0 aromatic heterocycles. The summed E-state index contributed by atoms with van der Waals surface area (Å²) >= 11 is 3.39. The van der Waals surface area contributed by atoms with Crippen LogP contribution < -0.4 is 5.32 Å². The zero-order chi connectivity index (χ0) is 18.7. The molecule has 0 unspecified atom stereocenters. The quantitative estimate of drug-likeness (QED) is 0.375. The van der Waals surface area contributed by atoms with Gasteiger partial charge in [0.05, 0.1) is 17.6 Å². The molecule has 0 radical (unpaired) electrons. The predicted octanol–water partition coefficient (Wildman–Crippen LogP) is 5.49. The summed E-state index contributed by atoms with van der Waals surface area (Å²) in [5.74, 6) is -0.722. The Bertz CT molecular complexity index is 828. The lowest BCUT2D eigenvalue weighted by atomic mass is 10.2. The summed E-state index contributed by atoms with van der Waals surface area (Å²) in [6.45, 7) is 2.22. The highest BCUT2D eigenvalue weighted by molar-refractivity contribution is 9.10. The third-order valence-electron chi connectivity index (χ3n) is 4.01. The van der Waals surface area contributed by atoms with E-state index < -0.39 is 18.3 Å². The first-order valence-corrected chi connectivity index (χ1v) is 10.5. The lowest BCUT2D eigenvalue weighted by molar-refractivity contribution is -0.384. The molecule has 0 spiro atoms. The highest BCUT2D eigenvalue weighted by Gasteiger charge is 2.41. The van der Waals surface area contributed by atoms with Crippen molar-refractivity contribution in [3.8, 4) is 0 Å². The topological polar surface area (TPSA) is 90.7 Å². The van der Waals surface area contributed by atoms with Crippen LogP contribution >= 0.6 is 23.5 Å². The van der Waals surface area contributed by atoms with Crippen molar-refractivity contribution in [2.75, 3.05) is 11.9 Å². The Kier molecular flexibility index (Phi) is 5.77. The highest BCUT2D eigenvalue weighted by atomic mass is 79.9. The van der Waals surface area contributed by atoms with Crippen LogP contribution in [0.3, 0.4) is 0 Å². The molecule has 0 amide bonds. The van der Waals surface area contributed by atoms with Gasteiger partial charge in [-0.1, -0.05) is 28.1 Å². The lowest BCUT2D eigenvalue weighted by Crippen LogP contribution is -2.23. The van der Waals surface area contributed by atoms with Gasteiger partial charge >= 0.3 is 7.60 Å². The summed E-state index contributed by atoms with van der Waals surface area (Å²) in [5.41, 5.74) is 1.31. The van der Waals surface area contributed by atoms with E-state index >= 15 is 0 Å². The number of benzene rings is 2. The number of nitrogens with one attached hydrogen (secondary N) is 1. The second-order valence-corrected chi connectivity index (χ2v) is 8.96. The van der Waals surface area contributed by atoms with E-state index in [4.69, 9.17) is 9.05 Å². The maximum atomic E-state index is 13.4. The van der Waals surface area contributed by atoms with Crippen molar-refractivity contribution in [1.82, 2.24) is 0 Å². The van der Waals surface area contributed by atoms with Crippen LogP contribution in [0.2, 0.25) is 0 Å². The number of anilines is 1. The van der Waals surface area contributed by atoms with E-state index in [0.29, 0.717) is 18.7 Å². The molecular formula is C17H18BrN2O5P. The number of rotatable bonds is 5. The zero-order valence-electron chi connectivity index (χ0n) is 14.0. The van der Waals surface area contributed by atoms with Crippen LogP contribution in [0.1, 0.15) is 24.7 Å². The number of non-ortho nitro benzene ring substituents is 1. The van der Waals surface area contributed by atoms with Crippen LogP contribution in [-0.4, -0.2) is 17.6 Å². The molecule has 1 saturated heterocycles. The largest absolute Gasteiger partial charge is 0.368 e. The molecule has 1 N–H and O–H groups in total. The second-order valence-electron chi connectivity index (χ2n) is 5.98. The van der Waals surface area contributed by atoms with E-state index in [2.05, 4.69) is 21.2 Å². The minimum absolute atomic E-state index is 0.0128. The van der Waals surface area contributed by atoms with Crippen molar-refractivity contribution in [2.45, 2.75) is 25.2 Å². The van der Waals surface area contributed by atoms with Crippen LogP contribution in [0.5, 0.6) is 0 Å². The van der Waals surface area contributed by atoms with Gasteiger partial charge in [-0.2, -0.15) is 0 Å². The standard InChI is InChI=1S/C17H18BrN2O5P/c1-12-10-11-24-26(23,25-12)17(13-2-4-14(18)5-3-13)19-15-6-8-16(9-7-15)20(21)22/h2-9,12,17,19H,10-11H2,1H3/t12-,17+,26+/m0/s1. The summed E-state index contributed by atoms with van der Waals surface area (Å²) < 4.78 is 25.6. The van der Waals surface area contributed by atoms with Gasteiger partial charge in [0.1, 0.15) is 0 Å². The Morgan fingerprint density at radius 3 is 2.46 bits per heavy atom. The first kappa shape index (κ1) is 19.0. The average Bonchev–Trinajstić information content (AvgIpc) is 2.61. The number of nitro benzene ring substituents is 1. The molecule has 9 heteroatoms. The molecule has 0 saturated carbocycles. The SMILES string of the molecule is C[C@H]1CCO[P@](=O)([C@@H](Nc2ccc([N+](=O)[O-])cc2)c2ccc(Br)cc2)O1. The fourth-order valence-electron chi connectivity index (χ4n) is 2.64. The maximum absolute atomic E-state index is 13.4. The number of hydrogen-bond donors (Lipinski definition) is 1. The molecule has 2 aromatic rings. The number of nitrogens with zero attached hydrogens (tertiary/aromatic N) is 1. The van der Waals surface area contributed by atoms with Crippen LogP contribution in [0.4, 0.5) is 11.4 Å². The van der Waals surface area contributed by atoms with Crippen LogP contribution in [0.15, 0.2) is 53.0 Å². The fraction of sp³-hybridized carbons (Fsp3) is 0.294. The molecule has 0 bridgehead atoms. The highest BCUT2D eigenvalue weighted by Crippen LogP contribution is 2.63. The van der Waals surface area contributed by atoms with Gasteiger partial charge in [-0.25, -0.2) is 0 Å². The second kappa shape index (κ2) is 7.88. The van der Waals surface area contributed by atoms with Crippen molar-refractivity contribution >= 4 is 34.9 Å². The third-order valence-corrected chi connectivity index (χ3v) is 6.79. The van der Waals surface area contributed by atoms with E-state index in [1.54, 1.807) is 12.1 Å². The molecule has 0 aliphatic carbocycles. The predicted molar refractivity (Wildman–Crippen MR) is 102 cm³/mol. The fourth-order valence-corrected chi connectivity index (χ4v) is 5.05. The molecule has 2 aromatic carbocycles. The van der Waals surface area contributed by atoms with Crippen molar-refractivity contribution < 1.29 is 18.5 Å². The van der Waals surface area contributed by atoms with Crippen molar-refractivity contribution in [3.05, 3.63) is 68.7 Å². The van der Waals surface area contributed by atoms with Gasteiger partial charge in [0, 0.05) is 22.3 Å². The molecule has 26 heavy (non-hydrogen) atoms. The molecule has 3 rings (SSSR count). The molecule has 7 nitrogen and oxygen atoms in total. The number of halogens is 1. The van der Waals surface area contributed by atoms with Gasteiger partial charge < -0.3 is 14.4 Å². The van der Waals surface area contributed by atoms with Crippen LogP contribution in [0.25, 0.3) is 0 Å². The molecular weight excluding hydrogens is 423 g/mol. The van der Waals surface area contributed by atoms with Gasteiger partial charge in [0.25, 0.3) is 5.69 Å². The normalized spacial score (nSPS) is 24.0. The Balaban J connectivity index is 1.93. The van der Waals surface area contributed by atoms with Gasteiger partial charge in [-0.15, -0.1) is 0 Å². The van der Waals surface area contributed by atoms with Gasteiger partial charge in [-0.05, 0) is 43.2 Å².